The van der Waals surface area contributed by atoms with Crippen LogP contribution in [0.25, 0.3) is 0 Å². The quantitative estimate of drug-likeness (QED) is 0.163. The fraction of sp³-hybridized carbons (Fsp3) is 0.263. The third kappa shape index (κ3) is 10.1. The molecular weight excluding hydrogens is 607 g/mol. The van der Waals surface area contributed by atoms with E-state index < -0.39 is 24.3 Å². The van der Waals surface area contributed by atoms with Gasteiger partial charge in [0.25, 0.3) is 0 Å². The summed E-state index contributed by atoms with van der Waals surface area (Å²) in [5.74, 6) is 0.194. The fourth-order valence-electron chi connectivity index (χ4n) is 5.92. The molecule has 2 atom stereocenters. The van der Waals surface area contributed by atoms with Gasteiger partial charge in [-0.05, 0) is 104 Å². The number of carbonyl (C=O) groups is 2. The number of nitrogens with zero attached hydrogens (tertiary/aromatic N) is 3. The number of nitriles is 2. The topological polar surface area (TPSA) is 130 Å². The number of carbonyl (C=O) groups excluding carboxylic acids is 2. The van der Waals surface area contributed by atoms with Crippen LogP contribution in [0.3, 0.4) is 0 Å². The van der Waals surface area contributed by atoms with Crippen LogP contribution in [0.2, 0.25) is 0 Å². The molecule has 1 aliphatic heterocycles. The van der Waals surface area contributed by atoms with Crippen molar-refractivity contribution in [2.75, 3.05) is 30.3 Å². The van der Waals surface area contributed by atoms with E-state index in [-0.39, 0.29) is 5.82 Å². The molecule has 10 heteroatoms. The minimum absolute atomic E-state index is 0.246. The lowest BCUT2D eigenvalue weighted by molar-refractivity contribution is 0.0471. The highest BCUT2D eigenvalue weighted by Gasteiger charge is 2.31. The minimum Gasteiger partial charge on any atom is -0.442 e. The maximum absolute atomic E-state index is 13.4. The lowest BCUT2D eigenvalue weighted by Gasteiger charge is -2.36. The molecule has 0 saturated carbocycles. The third-order valence-electron chi connectivity index (χ3n) is 8.39. The first-order chi connectivity index (χ1) is 23.4. The summed E-state index contributed by atoms with van der Waals surface area (Å²) >= 11 is 0. The number of hydrogen-bond donors (Lipinski definition) is 3. The maximum Gasteiger partial charge on any atom is 0.412 e. The second kappa shape index (κ2) is 16.7. The average molecular weight is 645 g/mol. The van der Waals surface area contributed by atoms with E-state index in [0.29, 0.717) is 41.4 Å². The van der Waals surface area contributed by atoms with Gasteiger partial charge in [0.05, 0.1) is 29.3 Å². The number of piperidine rings is 1. The Bertz CT molecular complexity index is 1760. The van der Waals surface area contributed by atoms with E-state index in [1.807, 2.05) is 42.5 Å². The van der Waals surface area contributed by atoms with Crippen molar-refractivity contribution < 1.29 is 18.7 Å². The molecule has 0 unspecified atom stereocenters. The third-order valence-corrected chi connectivity index (χ3v) is 8.39. The van der Waals surface area contributed by atoms with Crippen LogP contribution in [0, 0.1) is 34.4 Å². The Morgan fingerprint density at radius 1 is 0.812 bits per heavy atom. The second-order valence-electron chi connectivity index (χ2n) is 11.9. The first-order valence-corrected chi connectivity index (χ1v) is 15.9. The van der Waals surface area contributed by atoms with Crippen LogP contribution in [0.5, 0.6) is 0 Å². The van der Waals surface area contributed by atoms with E-state index in [4.69, 9.17) is 4.74 Å². The molecular formula is C38H37FN6O3. The molecule has 0 bridgehead atoms. The van der Waals surface area contributed by atoms with Crippen molar-refractivity contribution >= 4 is 23.5 Å². The van der Waals surface area contributed by atoms with Crippen molar-refractivity contribution in [2.24, 2.45) is 5.92 Å². The molecule has 244 valence electrons. The number of likely N-dealkylation sites (tertiary alicyclic amines) is 1. The monoisotopic (exact) mass is 644 g/mol. The van der Waals surface area contributed by atoms with E-state index in [1.165, 1.54) is 12.1 Å². The van der Waals surface area contributed by atoms with E-state index in [0.717, 1.165) is 43.5 Å². The standard InChI is InChI=1S/C38H37FN6O3/c39-32-14-12-28(13-15-32)20-29-16-18-45(19-17-29)26-36(48-38(47)43-34-11-5-9-31(22-34)25-41)35(23-27-6-2-1-3-7-27)44-37(46)42-33-10-4-8-30(21-33)24-40/h1-15,21-22,29,35-36H,16-20,23,26H2,(H,43,47)(H2,42,44,46)/t35-,36-/m1/s1. The zero-order chi connectivity index (χ0) is 33.7. The molecule has 3 amide bonds. The van der Waals surface area contributed by atoms with Crippen molar-refractivity contribution in [3.05, 3.63) is 131 Å². The highest BCUT2D eigenvalue weighted by atomic mass is 19.1. The number of anilines is 2. The van der Waals surface area contributed by atoms with Crippen LogP contribution in [-0.4, -0.2) is 48.8 Å². The van der Waals surface area contributed by atoms with Crippen LogP contribution in [0.1, 0.15) is 35.1 Å². The lowest BCUT2D eigenvalue weighted by atomic mass is 9.90. The zero-order valence-corrected chi connectivity index (χ0v) is 26.4. The van der Waals surface area contributed by atoms with Gasteiger partial charge in [-0.25, -0.2) is 14.0 Å². The summed E-state index contributed by atoms with van der Waals surface area (Å²) in [6.07, 6.45) is 1.63. The van der Waals surface area contributed by atoms with Gasteiger partial charge in [0, 0.05) is 17.9 Å². The number of urea groups is 1. The molecule has 1 aliphatic rings. The van der Waals surface area contributed by atoms with Gasteiger partial charge in [-0.3, -0.25) is 10.2 Å². The molecule has 1 heterocycles. The maximum atomic E-state index is 13.4. The zero-order valence-electron chi connectivity index (χ0n) is 26.4. The summed E-state index contributed by atoms with van der Waals surface area (Å²) in [5, 5.41) is 27.1. The Labute approximate surface area is 280 Å². The van der Waals surface area contributed by atoms with Gasteiger partial charge in [-0.2, -0.15) is 10.5 Å². The molecule has 48 heavy (non-hydrogen) atoms. The summed E-state index contributed by atoms with van der Waals surface area (Å²) in [6.45, 7) is 1.90. The van der Waals surface area contributed by atoms with Crippen molar-refractivity contribution in [2.45, 2.75) is 37.8 Å². The highest BCUT2D eigenvalue weighted by molar-refractivity contribution is 5.90. The van der Waals surface area contributed by atoms with Gasteiger partial charge in [0.2, 0.25) is 0 Å². The number of hydrogen-bond acceptors (Lipinski definition) is 6. The number of nitrogens with one attached hydrogen (secondary N) is 3. The second-order valence-corrected chi connectivity index (χ2v) is 11.9. The average Bonchev–Trinajstić information content (AvgIpc) is 3.10. The van der Waals surface area contributed by atoms with E-state index >= 15 is 0 Å². The van der Waals surface area contributed by atoms with Gasteiger partial charge in [0.1, 0.15) is 11.9 Å². The molecule has 4 aromatic carbocycles. The Kier molecular flexibility index (Phi) is 11.7. The van der Waals surface area contributed by atoms with E-state index in [1.54, 1.807) is 48.5 Å². The Morgan fingerprint density at radius 3 is 2.06 bits per heavy atom. The minimum atomic E-state index is -0.755. The first kappa shape index (κ1) is 33.6. The molecule has 1 saturated heterocycles. The molecule has 0 radical (unpaired) electrons. The van der Waals surface area contributed by atoms with Crippen molar-refractivity contribution in [3.8, 4) is 12.1 Å². The molecule has 9 nitrogen and oxygen atoms in total. The molecule has 4 aromatic rings. The first-order valence-electron chi connectivity index (χ1n) is 15.9. The Hall–Kier alpha value is -5.71. The molecule has 0 spiro atoms. The van der Waals surface area contributed by atoms with Gasteiger partial charge in [-0.1, -0.05) is 54.6 Å². The van der Waals surface area contributed by atoms with Crippen LogP contribution >= 0.6 is 0 Å². The van der Waals surface area contributed by atoms with Gasteiger partial charge >= 0.3 is 12.1 Å². The van der Waals surface area contributed by atoms with E-state index in [9.17, 15) is 24.5 Å². The van der Waals surface area contributed by atoms with Crippen molar-refractivity contribution in [3.63, 3.8) is 0 Å². The van der Waals surface area contributed by atoms with Gasteiger partial charge < -0.3 is 15.4 Å². The van der Waals surface area contributed by atoms with E-state index in [2.05, 4.69) is 33.0 Å². The fourth-order valence-corrected chi connectivity index (χ4v) is 5.92. The normalized spacial score (nSPS) is 14.5. The van der Waals surface area contributed by atoms with Gasteiger partial charge in [0.15, 0.2) is 0 Å². The summed E-state index contributed by atoms with van der Waals surface area (Å²) in [4.78, 5) is 28.9. The summed E-state index contributed by atoms with van der Waals surface area (Å²) in [7, 11) is 0. The predicted molar refractivity (Wildman–Crippen MR) is 182 cm³/mol. The number of ether oxygens (including phenoxy) is 1. The van der Waals surface area contributed by atoms with Crippen LogP contribution in [0.4, 0.5) is 25.4 Å². The van der Waals surface area contributed by atoms with Crippen molar-refractivity contribution in [1.82, 2.24) is 10.2 Å². The van der Waals surface area contributed by atoms with Crippen LogP contribution in [-0.2, 0) is 17.6 Å². The predicted octanol–water partition coefficient (Wildman–Crippen LogP) is 6.87. The molecule has 0 aliphatic carbocycles. The molecule has 1 fully saturated rings. The van der Waals surface area contributed by atoms with Gasteiger partial charge in [-0.15, -0.1) is 0 Å². The molecule has 3 N–H and O–H groups in total. The molecule has 5 rings (SSSR count). The number of amides is 3. The van der Waals surface area contributed by atoms with Crippen molar-refractivity contribution in [1.29, 1.82) is 10.5 Å². The van der Waals surface area contributed by atoms with Crippen LogP contribution in [0.15, 0.2) is 103 Å². The number of halogens is 1. The highest BCUT2D eigenvalue weighted by Crippen LogP contribution is 2.24. The number of benzene rings is 4. The lowest BCUT2D eigenvalue weighted by Crippen LogP contribution is -2.53. The summed E-state index contributed by atoms with van der Waals surface area (Å²) in [6, 6.07) is 32.5. The summed E-state index contributed by atoms with van der Waals surface area (Å²) < 4.78 is 19.5. The Balaban J connectivity index is 1.33. The smallest absolute Gasteiger partial charge is 0.412 e. The number of rotatable bonds is 11. The van der Waals surface area contributed by atoms with Crippen LogP contribution < -0.4 is 16.0 Å². The summed E-state index contributed by atoms with van der Waals surface area (Å²) in [5.41, 5.74) is 3.74. The SMILES string of the molecule is N#Cc1cccc(NC(=O)N[C@H](Cc2ccccc2)[C@@H](CN2CCC(Cc3ccc(F)cc3)CC2)OC(=O)Nc2cccc(C#N)c2)c1. The molecule has 0 aromatic heterocycles. The largest absolute Gasteiger partial charge is 0.442 e. The Morgan fingerprint density at radius 2 is 1.44 bits per heavy atom.